The van der Waals surface area contributed by atoms with Crippen LogP contribution in [0, 0.1) is 10.1 Å². The van der Waals surface area contributed by atoms with E-state index in [1.165, 1.54) is 12.1 Å². The van der Waals surface area contributed by atoms with Crippen LogP contribution in [-0.2, 0) is 13.5 Å². The summed E-state index contributed by atoms with van der Waals surface area (Å²) in [6, 6.07) is 2.88. The second-order valence-electron chi connectivity index (χ2n) is 4.92. The Morgan fingerprint density at radius 1 is 1.35 bits per heavy atom. The molecule has 7 nitrogen and oxygen atoms in total. The molecule has 7 heteroatoms. The Morgan fingerprint density at radius 3 is 2.80 bits per heavy atom. The van der Waals surface area contributed by atoms with Crippen LogP contribution in [0.25, 0.3) is 11.1 Å². The van der Waals surface area contributed by atoms with Gasteiger partial charge in [-0.3, -0.25) is 14.8 Å². The molecular weight excluding hydrogens is 260 g/mol. The first kappa shape index (κ1) is 12.5. The average molecular weight is 274 g/mol. The summed E-state index contributed by atoms with van der Waals surface area (Å²) >= 11 is 0. The molecule has 20 heavy (non-hydrogen) atoms. The fraction of sp³-hybridized carbons (Fsp3) is 0.308. The molecule has 1 aliphatic rings. The summed E-state index contributed by atoms with van der Waals surface area (Å²) < 4.78 is 1.79. The van der Waals surface area contributed by atoms with E-state index in [1.807, 2.05) is 19.0 Å². The van der Waals surface area contributed by atoms with Crippen molar-refractivity contribution >= 4 is 11.4 Å². The van der Waals surface area contributed by atoms with E-state index in [0.717, 1.165) is 35.5 Å². The van der Waals surface area contributed by atoms with E-state index in [4.69, 9.17) is 0 Å². The normalized spacial score (nSPS) is 13.6. The fourth-order valence-electron chi connectivity index (χ4n) is 2.62. The van der Waals surface area contributed by atoms with Gasteiger partial charge in [-0.05, 0) is 0 Å². The highest BCUT2D eigenvalue weighted by Crippen LogP contribution is 2.42. The van der Waals surface area contributed by atoms with Crippen LogP contribution in [0.4, 0.5) is 11.4 Å². The number of nitro benzene ring substituents is 1. The number of phenols is 1. The molecule has 0 atom stereocenters. The summed E-state index contributed by atoms with van der Waals surface area (Å²) in [5.41, 5.74) is 3.15. The van der Waals surface area contributed by atoms with Gasteiger partial charge in [0.1, 0.15) is 0 Å². The van der Waals surface area contributed by atoms with Crippen molar-refractivity contribution in [1.29, 1.82) is 0 Å². The number of aromatic nitrogens is 2. The summed E-state index contributed by atoms with van der Waals surface area (Å²) in [6.07, 6.45) is 2.51. The Morgan fingerprint density at radius 2 is 2.10 bits per heavy atom. The molecule has 0 fully saturated rings. The monoisotopic (exact) mass is 274 g/mol. The van der Waals surface area contributed by atoms with Gasteiger partial charge in [-0.25, -0.2) is 0 Å². The van der Waals surface area contributed by atoms with Crippen molar-refractivity contribution in [3.63, 3.8) is 0 Å². The van der Waals surface area contributed by atoms with Crippen molar-refractivity contribution in [1.82, 2.24) is 9.78 Å². The van der Waals surface area contributed by atoms with E-state index in [1.54, 1.807) is 10.9 Å². The molecule has 0 unspecified atom stereocenters. The predicted molar refractivity (Wildman–Crippen MR) is 73.9 cm³/mol. The summed E-state index contributed by atoms with van der Waals surface area (Å²) in [5, 5.41) is 25.0. The maximum Gasteiger partial charge on any atom is 0.311 e. The lowest BCUT2D eigenvalue weighted by Crippen LogP contribution is -2.20. The first-order chi connectivity index (χ1) is 9.49. The number of hydrogen-bond donors (Lipinski definition) is 1. The number of hydrogen-bond acceptors (Lipinski definition) is 5. The van der Waals surface area contributed by atoms with E-state index < -0.39 is 4.92 Å². The lowest BCUT2D eigenvalue weighted by Gasteiger charge is -2.19. The molecular formula is C13H14N4O3. The highest BCUT2D eigenvalue weighted by molar-refractivity contribution is 5.84. The number of likely N-dealkylation sites (N-methyl/N-ethyl adjacent to an activating group) is 1. The maximum absolute atomic E-state index is 11.0. The smallest absolute Gasteiger partial charge is 0.311 e. The molecule has 104 valence electrons. The van der Waals surface area contributed by atoms with Crippen LogP contribution >= 0.6 is 0 Å². The van der Waals surface area contributed by atoms with E-state index >= 15 is 0 Å². The second kappa shape index (κ2) is 4.22. The third-order valence-electron chi connectivity index (χ3n) is 3.74. The number of aryl methyl sites for hydroxylation is 1. The van der Waals surface area contributed by atoms with Gasteiger partial charge in [0.05, 0.1) is 11.1 Å². The van der Waals surface area contributed by atoms with Crippen molar-refractivity contribution < 1.29 is 10.0 Å². The third kappa shape index (κ3) is 1.70. The van der Waals surface area contributed by atoms with Gasteiger partial charge in [0.2, 0.25) is 0 Å². The van der Waals surface area contributed by atoms with Gasteiger partial charge in [-0.1, -0.05) is 0 Å². The lowest BCUT2D eigenvalue weighted by atomic mass is 10.0. The van der Waals surface area contributed by atoms with Gasteiger partial charge >= 0.3 is 5.69 Å². The number of benzene rings is 1. The molecule has 0 aliphatic carbocycles. The fourth-order valence-corrected chi connectivity index (χ4v) is 2.62. The number of rotatable bonds is 1. The zero-order valence-corrected chi connectivity index (χ0v) is 11.2. The molecule has 1 N–H and O–H groups in total. The number of phenolic OH excluding ortho intramolecular Hbond substituents is 1. The van der Waals surface area contributed by atoms with Crippen molar-refractivity contribution in [2.24, 2.45) is 7.05 Å². The van der Waals surface area contributed by atoms with Gasteiger partial charge < -0.3 is 10.0 Å². The minimum Gasteiger partial charge on any atom is -0.502 e. The van der Waals surface area contributed by atoms with Gasteiger partial charge in [-0.15, -0.1) is 0 Å². The Hall–Kier alpha value is -2.57. The number of aromatic hydroxyl groups is 1. The average Bonchev–Trinajstić information content (AvgIpc) is 2.69. The van der Waals surface area contributed by atoms with E-state index in [0.29, 0.717) is 0 Å². The van der Waals surface area contributed by atoms with Gasteiger partial charge in [-0.2, -0.15) is 5.10 Å². The number of nitrogens with zero attached hydrogens (tertiary/aromatic N) is 4. The molecule has 0 saturated heterocycles. The number of fused-ring (bicyclic) bond motifs is 3. The quantitative estimate of drug-likeness (QED) is 0.632. The van der Waals surface area contributed by atoms with Crippen molar-refractivity contribution in [2.45, 2.75) is 6.42 Å². The van der Waals surface area contributed by atoms with E-state index in [9.17, 15) is 15.2 Å². The van der Waals surface area contributed by atoms with Crippen molar-refractivity contribution in [2.75, 3.05) is 18.5 Å². The summed E-state index contributed by atoms with van der Waals surface area (Å²) in [7, 11) is 3.77. The van der Waals surface area contributed by atoms with Crippen molar-refractivity contribution in [3.8, 4) is 16.9 Å². The molecule has 1 aliphatic heterocycles. The van der Waals surface area contributed by atoms with E-state index in [2.05, 4.69) is 5.10 Å². The van der Waals surface area contributed by atoms with Crippen LogP contribution in [0.3, 0.4) is 0 Å². The molecule has 1 aromatic carbocycles. The zero-order valence-electron chi connectivity index (χ0n) is 11.2. The van der Waals surface area contributed by atoms with Crippen LogP contribution in [0.2, 0.25) is 0 Å². The molecule has 1 aromatic heterocycles. The standard InChI is InChI=1S/C13H14N4O3/c1-15-4-3-10-9(7-14-16(10)2)8-5-12(17(19)20)13(18)6-11(8)15/h5-7,18H,3-4H2,1-2H3. The Balaban J connectivity index is 2.31. The highest BCUT2D eigenvalue weighted by atomic mass is 16.6. The summed E-state index contributed by atoms with van der Waals surface area (Å²) in [6.45, 7) is 0.761. The van der Waals surface area contributed by atoms with Crippen LogP contribution < -0.4 is 4.90 Å². The first-order valence-corrected chi connectivity index (χ1v) is 6.23. The Labute approximate surface area is 115 Å². The van der Waals surface area contributed by atoms with Crippen LogP contribution in [0.1, 0.15) is 5.69 Å². The number of nitro groups is 1. The van der Waals surface area contributed by atoms with Gasteiger partial charge in [0.25, 0.3) is 0 Å². The topological polar surface area (TPSA) is 84.4 Å². The van der Waals surface area contributed by atoms with Crippen molar-refractivity contribution in [3.05, 3.63) is 34.1 Å². The summed E-state index contributed by atoms with van der Waals surface area (Å²) in [4.78, 5) is 12.4. The maximum atomic E-state index is 11.0. The molecule has 0 amide bonds. The molecule has 2 aromatic rings. The second-order valence-corrected chi connectivity index (χ2v) is 4.92. The molecule has 3 rings (SSSR count). The molecule has 2 heterocycles. The molecule has 0 spiro atoms. The Bertz CT molecular complexity index is 708. The minimum absolute atomic E-state index is 0.283. The Kier molecular flexibility index (Phi) is 2.63. The summed E-state index contributed by atoms with van der Waals surface area (Å²) in [5.74, 6) is -0.312. The van der Waals surface area contributed by atoms with Crippen LogP contribution in [0.5, 0.6) is 5.75 Å². The largest absolute Gasteiger partial charge is 0.502 e. The molecule has 0 bridgehead atoms. The minimum atomic E-state index is -0.573. The third-order valence-corrected chi connectivity index (χ3v) is 3.74. The van der Waals surface area contributed by atoms with Crippen LogP contribution in [0.15, 0.2) is 18.3 Å². The number of anilines is 1. The molecule has 0 saturated carbocycles. The van der Waals surface area contributed by atoms with Crippen LogP contribution in [-0.4, -0.2) is 33.4 Å². The van der Waals surface area contributed by atoms with E-state index in [-0.39, 0.29) is 11.4 Å². The van der Waals surface area contributed by atoms with Gasteiger partial charge in [0, 0.05) is 61.7 Å². The predicted octanol–water partition coefficient (Wildman–Crippen LogP) is 1.69. The molecule has 0 radical (unpaired) electrons. The first-order valence-electron chi connectivity index (χ1n) is 6.23. The zero-order chi connectivity index (χ0) is 14.4. The lowest BCUT2D eigenvalue weighted by molar-refractivity contribution is -0.385. The van der Waals surface area contributed by atoms with Gasteiger partial charge in [0.15, 0.2) is 5.75 Å². The highest BCUT2D eigenvalue weighted by Gasteiger charge is 2.25. The SMILES string of the molecule is CN1CCc2c(cnn2C)-c2cc([N+](=O)[O-])c(O)cc21.